The lowest BCUT2D eigenvalue weighted by Gasteiger charge is -2.12. The number of hydrogen-bond donors (Lipinski definition) is 0. The topological polar surface area (TPSA) is 38.7 Å². The summed E-state index contributed by atoms with van der Waals surface area (Å²) in [6, 6.07) is 75.8. The van der Waals surface area contributed by atoms with Crippen LogP contribution in [0.15, 0.2) is 212 Å². The molecule has 0 N–H and O–H groups in total. The largest absolute Gasteiger partial charge is 0.208 e. The predicted molar refractivity (Wildman–Crippen MR) is 264 cm³/mol. The summed E-state index contributed by atoms with van der Waals surface area (Å²) in [6.07, 6.45) is 0. The molecule has 0 radical (unpaired) electrons. The van der Waals surface area contributed by atoms with Gasteiger partial charge in [0.15, 0.2) is 17.5 Å². The molecule has 3 nitrogen and oxygen atoms in total. The molecule has 5 heteroatoms. The third kappa shape index (κ3) is 6.47. The average molecular weight is 826 g/mol. The van der Waals surface area contributed by atoms with E-state index in [1.54, 1.807) is 11.3 Å². The number of thiophene rings is 2. The Hall–Kier alpha value is -7.57. The van der Waals surface area contributed by atoms with Crippen LogP contribution in [0.1, 0.15) is 0 Å². The molecule has 0 aliphatic rings. The van der Waals surface area contributed by atoms with Gasteiger partial charge in [-0.3, -0.25) is 0 Å². The summed E-state index contributed by atoms with van der Waals surface area (Å²) in [7, 11) is 0. The Kier molecular flexibility index (Phi) is 8.87. The van der Waals surface area contributed by atoms with Crippen LogP contribution in [0, 0.1) is 0 Å². The Balaban J connectivity index is 0.952. The molecule has 0 unspecified atom stereocenters. The minimum Gasteiger partial charge on any atom is -0.208 e. The predicted octanol–water partition coefficient (Wildman–Crippen LogP) is 16.3. The smallest absolute Gasteiger partial charge is 0.164 e. The third-order valence-electron chi connectivity index (χ3n) is 11.8. The first-order valence-corrected chi connectivity index (χ1v) is 22.4. The molecular formula is C57H35N3S2. The van der Waals surface area contributed by atoms with E-state index in [0.717, 1.165) is 27.6 Å². The van der Waals surface area contributed by atoms with Crippen molar-refractivity contribution >= 4 is 63.0 Å². The Labute approximate surface area is 366 Å². The lowest BCUT2D eigenvalue weighted by molar-refractivity contribution is 1.08. The molecule has 0 bridgehead atoms. The molecule has 0 spiro atoms. The molecule has 0 saturated heterocycles. The van der Waals surface area contributed by atoms with Crippen LogP contribution in [-0.4, -0.2) is 15.0 Å². The van der Waals surface area contributed by atoms with E-state index in [9.17, 15) is 0 Å². The first-order valence-electron chi connectivity index (χ1n) is 20.7. The van der Waals surface area contributed by atoms with Gasteiger partial charge in [0.1, 0.15) is 0 Å². The number of fused-ring (bicyclic) bond motifs is 6. The van der Waals surface area contributed by atoms with Crippen LogP contribution in [0.25, 0.3) is 119 Å². The highest BCUT2D eigenvalue weighted by Gasteiger charge is 2.18. The SMILES string of the molecule is c1ccc(-c2nc(-c3ccc(-c4ccc5c(c4)sc4ccccc45)cc3)nc(-c3cccc4sc5ccc(-c6cccc(-c7ccccc7-c7ccccc7)c6)cc5c34)n2)cc1. The number of rotatable bonds is 7. The Morgan fingerprint density at radius 2 is 0.726 bits per heavy atom. The lowest BCUT2D eigenvalue weighted by atomic mass is 9.92. The van der Waals surface area contributed by atoms with Gasteiger partial charge in [0, 0.05) is 57.0 Å². The highest BCUT2D eigenvalue weighted by molar-refractivity contribution is 7.26. The van der Waals surface area contributed by atoms with Gasteiger partial charge in [-0.2, -0.15) is 0 Å². The molecule has 3 heterocycles. The fourth-order valence-corrected chi connectivity index (χ4v) is 11.0. The van der Waals surface area contributed by atoms with E-state index in [0.29, 0.717) is 17.5 Å². The first kappa shape index (κ1) is 36.3. The molecule has 0 amide bonds. The summed E-state index contributed by atoms with van der Waals surface area (Å²) < 4.78 is 5.03. The highest BCUT2D eigenvalue weighted by atomic mass is 32.1. The fraction of sp³-hybridized carbons (Fsp3) is 0. The number of hydrogen-bond acceptors (Lipinski definition) is 5. The van der Waals surface area contributed by atoms with Gasteiger partial charge in [0.05, 0.1) is 0 Å². The zero-order valence-electron chi connectivity index (χ0n) is 33.4. The second-order valence-electron chi connectivity index (χ2n) is 15.5. The van der Waals surface area contributed by atoms with Crippen LogP contribution in [0.2, 0.25) is 0 Å². The van der Waals surface area contributed by atoms with Crippen molar-refractivity contribution < 1.29 is 0 Å². The highest BCUT2D eigenvalue weighted by Crippen LogP contribution is 2.43. The van der Waals surface area contributed by atoms with Crippen LogP contribution in [0.4, 0.5) is 0 Å². The fourth-order valence-electron chi connectivity index (χ4n) is 8.72. The van der Waals surface area contributed by atoms with E-state index in [1.165, 1.54) is 73.9 Å². The zero-order valence-corrected chi connectivity index (χ0v) is 35.0. The van der Waals surface area contributed by atoms with E-state index >= 15 is 0 Å². The molecule has 0 aliphatic carbocycles. The van der Waals surface area contributed by atoms with Crippen molar-refractivity contribution in [1.29, 1.82) is 0 Å². The van der Waals surface area contributed by atoms with Crippen molar-refractivity contribution in [3.8, 4) is 78.7 Å². The maximum absolute atomic E-state index is 5.25. The molecule has 12 rings (SSSR count). The summed E-state index contributed by atoms with van der Waals surface area (Å²) >= 11 is 3.65. The minimum atomic E-state index is 0.644. The summed E-state index contributed by atoms with van der Waals surface area (Å²) in [6.45, 7) is 0. The van der Waals surface area contributed by atoms with Gasteiger partial charge >= 0.3 is 0 Å². The number of benzene rings is 9. The van der Waals surface area contributed by atoms with Gasteiger partial charge in [0.25, 0.3) is 0 Å². The van der Waals surface area contributed by atoms with Crippen molar-refractivity contribution in [2.75, 3.05) is 0 Å². The zero-order chi connectivity index (χ0) is 41.0. The summed E-state index contributed by atoms with van der Waals surface area (Å²) in [5.41, 5.74) is 12.4. The quantitative estimate of drug-likeness (QED) is 0.161. The van der Waals surface area contributed by atoms with Gasteiger partial charge < -0.3 is 0 Å². The summed E-state index contributed by atoms with van der Waals surface area (Å²) in [5.74, 6) is 1.95. The van der Waals surface area contributed by atoms with Crippen LogP contribution >= 0.6 is 22.7 Å². The van der Waals surface area contributed by atoms with E-state index in [4.69, 9.17) is 15.0 Å². The molecule has 12 aromatic rings. The normalized spacial score (nSPS) is 11.5. The minimum absolute atomic E-state index is 0.644. The molecule has 290 valence electrons. The van der Waals surface area contributed by atoms with Gasteiger partial charge in [-0.25, -0.2) is 15.0 Å². The number of nitrogens with zero attached hydrogens (tertiary/aromatic N) is 3. The van der Waals surface area contributed by atoms with Gasteiger partial charge in [0.2, 0.25) is 0 Å². The summed E-state index contributed by atoms with van der Waals surface area (Å²) in [4.78, 5) is 15.5. The Morgan fingerprint density at radius 3 is 1.53 bits per heavy atom. The Morgan fingerprint density at radius 1 is 0.242 bits per heavy atom. The van der Waals surface area contributed by atoms with Crippen LogP contribution in [-0.2, 0) is 0 Å². The van der Waals surface area contributed by atoms with E-state index in [2.05, 4.69) is 194 Å². The molecule has 0 atom stereocenters. The Bertz CT molecular complexity index is 3630. The van der Waals surface area contributed by atoms with Gasteiger partial charge in [-0.05, 0) is 80.9 Å². The monoisotopic (exact) mass is 825 g/mol. The molecule has 0 aliphatic heterocycles. The maximum atomic E-state index is 5.25. The van der Waals surface area contributed by atoms with Crippen molar-refractivity contribution in [2.45, 2.75) is 0 Å². The second kappa shape index (κ2) is 15.2. The van der Waals surface area contributed by atoms with Crippen molar-refractivity contribution in [3.63, 3.8) is 0 Å². The van der Waals surface area contributed by atoms with Crippen LogP contribution in [0.3, 0.4) is 0 Å². The van der Waals surface area contributed by atoms with Crippen molar-refractivity contribution in [1.82, 2.24) is 15.0 Å². The van der Waals surface area contributed by atoms with Crippen molar-refractivity contribution in [3.05, 3.63) is 212 Å². The lowest BCUT2D eigenvalue weighted by Crippen LogP contribution is -2.00. The van der Waals surface area contributed by atoms with E-state index in [-0.39, 0.29) is 0 Å². The first-order chi connectivity index (χ1) is 30.7. The third-order valence-corrected chi connectivity index (χ3v) is 14.0. The van der Waals surface area contributed by atoms with E-state index < -0.39 is 0 Å². The standard InChI is InChI=1S/C57H35N3S2/c1-3-13-37(14-4-1)44-19-7-8-20-45(44)43-18-11-17-40(33-43)41-30-32-51-49(34-41)54-48(22-12-24-52(54)61-51)57-59-55(38-15-5-2-6-16-38)58-56(60-57)39-27-25-36(26-28-39)42-29-31-47-46-21-9-10-23-50(46)62-53(47)35-42/h1-35H. The molecule has 62 heavy (non-hydrogen) atoms. The molecule has 0 saturated carbocycles. The van der Waals surface area contributed by atoms with Crippen LogP contribution in [0.5, 0.6) is 0 Å². The van der Waals surface area contributed by atoms with Gasteiger partial charge in [-0.1, -0.05) is 176 Å². The maximum Gasteiger partial charge on any atom is 0.164 e. The average Bonchev–Trinajstić information content (AvgIpc) is 3.92. The molecule has 3 aromatic heterocycles. The molecule has 9 aromatic carbocycles. The molecule has 0 fully saturated rings. The second-order valence-corrected chi connectivity index (χ2v) is 17.7. The summed E-state index contributed by atoms with van der Waals surface area (Å²) in [5, 5.41) is 4.96. The molecular weight excluding hydrogens is 791 g/mol. The van der Waals surface area contributed by atoms with E-state index in [1.807, 2.05) is 29.5 Å². The van der Waals surface area contributed by atoms with Crippen LogP contribution < -0.4 is 0 Å². The van der Waals surface area contributed by atoms with Crippen molar-refractivity contribution in [2.24, 2.45) is 0 Å². The van der Waals surface area contributed by atoms with Gasteiger partial charge in [-0.15, -0.1) is 22.7 Å². The number of aromatic nitrogens is 3.